The molecule has 1 aromatic heterocycles. The normalized spacial score (nSPS) is 10.2. The Hall–Kier alpha value is -2.61. The summed E-state index contributed by atoms with van der Waals surface area (Å²) in [7, 11) is 0. The summed E-state index contributed by atoms with van der Waals surface area (Å²) in [5, 5.41) is 17.6. The van der Waals surface area contributed by atoms with Gasteiger partial charge in [0.1, 0.15) is 5.56 Å². The van der Waals surface area contributed by atoms with Crippen LogP contribution in [0.15, 0.2) is 22.7 Å². The number of hydrogen-bond acceptors (Lipinski definition) is 5. The summed E-state index contributed by atoms with van der Waals surface area (Å²) in [6.07, 6.45) is 0. The summed E-state index contributed by atoms with van der Waals surface area (Å²) < 4.78 is 4.83. The number of halogens is 1. The first-order chi connectivity index (χ1) is 9.97. The molecule has 21 heavy (non-hydrogen) atoms. The Bertz CT molecular complexity index is 686. The molecule has 0 saturated carbocycles. The molecular formula is C12H11ClN4O4. The lowest BCUT2D eigenvalue weighted by Crippen LogP contribution is -2.29. The van der Waals surface area contributed by atoms with E-state index in [0.29, 0.717) is 5.82 Å². The molecule has 0 atom stereocenters. The van der Waals surface area contributed by atoms with Gasteiger partial charge in [-0.1, -0.05) is 22.8 Å². The van der Waals surface area contributed by atoms with Crippen LogP contribution in [0.25, 0.3) is 0 Å². The van der Waals surface area contributed by atoms with Crippen molar-refractivity contribution in [1.82, 2.24) is 15.5 Å². The molecule has 0 unspecified atom stereocenters. The zero-order chi connectivity index (χ0) is 15.4. The number of carbonyl (C=O) groups is 2. The van der Waals surface area contributed by atoms with Gasteiger partial charge in [-0.15, -0.1) is 0 Å². The fourth-order valence-electron chi connectivity index (χ4n) is 1.58. The van der Waals surface area contributed by atoms with Crippen LogP contribution < -0.4 is 10.6 Å². The lowest BCUT2D eigenvalue weighted by molar-refractivity contribution is 0.0698. The molecule has 110 valence electrons. The van der Waals surface area contributed by atoms with Crippen LogP contribution in [0.4, 0.5) is 10.5 Å². The predicted octanol–water partition coefficient (Wildman–Crippen LogP) is 2.05. The first-order valence-electron chi connectivity index (χ1n) is 5.83. The van der Waals surface area contributed by atoms with Crippen molar-refractivity contribution >= 4 is 29.3 Å². The Balaban J connectivity index is 2.03. The van der Waals surface area contributed by atoms with Crippen molar-refractivity contribution in [3.05, 3.63) is 40.5 Å². The Morgan fingerprint density at radius 1 is 1.43 bits per heavy atom. The fourth-order valence-corrected chi connectivity index (χ4v) is 1.84. The zero-order valence-corrected chi connectivity index (χ0v) is 11.6. The summed E-state index contributed by atoms with van der Waals surface area (Å²) in [6, 6.07) is 3.78. The topological polar surface area (TPSA) is 117 Å². The van der Waals surface area contributed by atoms with Gasteiger partial charge in [0.15, 0.2) is 5.82 Å². The second-order valence-electron chi connectivity index (χ2n) is 4.01. The van der Waals surface area contributed by atoms with Gasteiger partial charge in [0.2, 0.25) is 5.89 Å². The third kappa shape index (κ3) is 3.69. The average Bonchev–Trinajstić information content (AvgIpc) is 2.82. The molecule has 2 amide bonds. The van der Waals surface area contributed by atoms with E-state index in [1.54, 1.807) is 6.92 Å². The smallest absolute Gasteiger partial charge is 0.339 e. The summed E-state index contributed by atoms with van der Waals surface area (Å²) in [4.78, 5) is 26.8. The Morgan fingerprint density at radius 3 is 2.81 bits per heavy atom. The third-order valence-corrected chi connectivity index (χ3v) is 2.76. The van der Waals surface area contributed by atoms with E-state index in [1.165, 1.54) is 18.2 Å². The van der Waals surface area contributed by atoms with Crippen molar-refractivity contribution in [3.63, 3.8) is 0 Å². The summed E-state index contributed by atoms with van der Waals surface area (Å²) in [5.41, 5.74) is -0.0860. The number of nitrogens with one attached hydrogen (secondary N) is 2. The molecular weight excluding hydrogens is 300 g/mol. The van der Waals surface area contributed by atoms with Crippen molar-refractivity contribution in [3.8, 4) is 0 Å². The highest BCUT2D eigenvalue weighted by atomic mass is 35.5. The van der Waals surface area contributed by atoms with Crippen molar-refractivity contribution in [2.45, 2.75) is 13.5 Å². The van der Waals surface area contributed by atoms with Gasteiger partial charge in [0, 0.05) is 0 Å². The molecule has 2 rings (SSSR count). The number of amides is 2. The number of urea groups is 1. The number of benzene rings is 1. The van der Waals surface area contributed by atoms with E-state index < -0.39 is 12.0 Å². The average molecular weight is 311 g/mol. The maximum absolute atomic E-state index is 11.7. The molecule has 2 aromatic rings. The number of anilines is 1. The second kappa shape index (κ2) is 6.23. The van der Waals surface area contributed by atoms with Crippen molar-refractivity contribution in [1.29, 1.82) is 0 Å². The van der Waals surface area contributed by atoms with Crippen LogP contribution in [0.2, 0.25) is 5.02 Å². The molecule has 0 radical (unpaired) electrons. The highest BCUT2D eigenvalue weighted by Gasteiger charge is 2.16. The van der Waals surface area contributed by atoms with E-state index in [4.69, 9.17) is 21.2 Å². The highest BCUT2D eigenvalue weighted by molar-refractivity contribution is 6.34. The first-order valence-corrected chi connectivity index (χ1v) is 6.21. The van der Waals surface area contributed by atoms with Crippen molar-refractivity contribution in [2.24, 2.45) is 0 Å². The molecule has 1 aromatic carbocycles. The number of aromatic nitrogens is 2. The van der Waals surface area contributed by atoms with E-state index in [9.17, 15) is 9.59 Å². The van der Waals surface area contributed by atoms with Gasteiger partial charge in [0.25, 0.3) is 0 Å². The minimum absolute atomic E-state index is 0.0235. The quantitative estimate of drug-likeness (QED) is 0.795. The lowest BCUT2D eigenvalue weighted by atomic mass is 10.2. The van der Waals surface area contributed by atoms with Gasteiger partial charge < -0.3 is 20.3 Å². The van der Waals surface area contributed by atoms with Crippen molar-refractivity contribution < 1.29 is 19.2 Å². The first kappa shape index (κ1) is 14.8. The fraction of sp³-hybridized carbons (Fsp3) is 0.167. The zero-order valence-electron chi connectivity index (χ0n) is 10.9. The number of carbonyl (C=O) groups excluding carboxylic acids is 1. The largest absolute Gasteiger partial charge is 0.478 e. The highest BCUT2D eigenvalue weighted by Crippen LogP contribution is 2.24. The van der Waals surface area contributed by atoms with E-state index in [1.807, 2.05) is 0 Å². The lowest BCUT2D eigenvalue weighted by Gasteiger charge is -2.09. The molecule has 0 aliphatic rings. The molecule has 0 aliphatic heterocycles. The van der Waals surface area contributed by atoms with Crippen LogP contribution >= 0.6 is 11.6 Å². The molecule has 3 N–H and O–H groups in total. The third-order valence-electron chi connectivity index (χ3n) is 2.45. The van der Waals surface area contributed by atoms with Gasteiger partial charge >= 0.3 is 12.0 Å². The summed E-state index contributed by atoms with van der Waals surface area (Å²) >= 11 is 5.80. The van der Waals surface area contributed by atoms with Gasteiger partial charge in [-0.05, 0) is 19.1 Å². The Morgan fingerprint density at radius 2 is 2.19 bits per heavy atom. The monoisotopic (exact) mass is 310 g/mol. The Labute approximate surface area is 124 Å². The molecule has 0 saturated heterocycles. The van der Waals surface area contributed by atoms with E-state index in [2.05, 4.69) is 20.8 Å². The number of aromatic carboxylic acids is 1. The van der Waals surface area contributed by atoms with Gasteiger partial charge in [-0.2, -0.15) is 4.98 Å². The maximum Gasteiger partial charge on any atom is 0.339 e. The number of aryl methyl sites for hydroxylation is 1. The number of nitrogens with zero attached hydrogens (tertiary/aromatic N) is 2. The van der Waals surface area contributed by atoms with Gasteiger partial charge in [-0.3, -0.25) is 0 Å². The van der Waals surface area contributed by atoms with Gasteiger partial charge in [0.05, 0.1) is 17.3 Å². The van der Waals surface area contributed by atoms with Crippen LogP contribution in [0.1, 0.15) is 22.1 Å². The van der Waals surface area contributed by atoms with Gasteiger partial charge in [-0.25, -0.2) is 9.59 Å². The van der Waals surface area contributed by atoms with Crippen LogP contribution in [-0.4, -0.2) is 27.2 Å². The number of rotatable bonds is 4. The minimum atomic E-state index is -1.23. The molecule has 0 spiro atoms. The SMILES string of the molecule is Cc1noc(CNC(=O)Nc2cccc(Cl)c2C(=O)O)n1. The second-order valence-corrected chi connectivity index (χ2v) is 4.42. The summed E-state index contributed by atoms with van der Waals surface area (Å²) in [5.74, 6) is -0.536. The standard InChI is InChI=1S/C12H11ClN4O4/c1-6-15-9(21-17-6)5-14-12(20)16-8-4-2-3-7(13)10(8)11(18)19/h2-4H,5H2,1H3,(H,18,19)(H2,14,16,20). The molecule has 0 fully saturated rings. The minimum Gasteiger partial charge on any atom is -0.478 e. The van der Waals surface area contributed by atoms with E-state index in [0.717, 1.165) is 0 Å². The van der Waals surface area contributed by atoms with Crippen LogP contribution in [0.3, 0.4) is 0 Å². The van der Waals surface area contributed by atoms with Crippen molar-refractivity contribution in [2.75, 3.05) is 5.32 Å². The van der Waals surface area contributed by atoms with Crippen LogP contribution in [0.5, 0.6) is 0 Å². The van der Waals surface area contributed by atoms with Crippen LogP contribution in [0, 0.1) is 6.92 Å². The van der Waals surface area contributed by atoms with E-state index in [-0.39, 0.29) is 28.7 Å². The molecule has 0 aliphatic carbocycles. The predicted molar refractivity (Wildman–Crippen MR) is 73.3 cm³/mol. The molecule has 1 heterocycles. The number of carboxylic acids is 1. The Kier molecular flexibility index (Phi) is 4.39. The number of carboxylic acid groups (broad SMARTS) is 1. The van der Waals surface area contributed by atoms with Crippen LogP contribution in [-0.2, 0) is 6.54 Å². The molecule has 0 bridgehead atoms. The van der Waals surface area contributed by atoms with E-state index >= 15 is 0 Å². The molecule has 9 heteroatoms. The summed E-state index contributed by atoms with van der Waals surface area (Å²) in [6.45, 7) is 1.67. The number of hydrogen-bond donors (Lipinski definition) is 3. The maximum atomic E-state index is 11.7. The molecule has 8 nitrogen and oxygen atoms in total.